The number of nitrogens with zero attached hydrogens (tertiary/aromatic N) is 5. The van der Waals surface area contributed by atoms with E-state index in [9.17, 15) is 4.79 Å². The quantitative estimate of drug-likeness (QED) is 0.587. The molecule has 0 spiro atoms. The van der Waals surface area contributed by atoms with Crippen molar-refractivity contribution < 1.29 is 9.53 Å². The van der Waals surface area contributed by atoms with Gasteiger partial charge in [-0.3, -0.25) is 9.78 Å². The van der Waals surface area contributed by atoms with E-state index in [2.05, 4.69) is 27.2 Å². The van der Waals surface area contributed by atoms with Crippen molar-refractivity contribution in [2.75, 3.05) is 19.7 Å². The summed E-state index contributed by atoms with van der Waals surface area (Å²) < 4.78 is 7.69. The van der Waals surface area contributed by atoms with E-state index < -0.39 is 0 Å². The first-order valence-corrected chi connectivity index (χ1v) is 10.8. The lowest BCUT2D eigenvalue weighted by atomic mass is 10.1. The molecule has 1 aliphatic rings. The Kier molecular flexibility index (Phi) is 6.63. The Labute approximate surface area is 187 Å². The predicted molar refractivity (Wildman–Crippen MR) is 118 cm³/mol. The van der Waals surface area contributed by atoms with E-state index in [1.165, 1.54) is 0 Å². The average molecular weight is 440 g/mol. The van der Waals surface area contributed by atoms with Crippen LogP contribution in [0.15, 0.2) is 42.6 Å². The van der Waals surface area contributed by atoms with Crippen molar-refractivity contribution in [3.63, 3.8) is 0 Å². The normalized spacial score (nSPS) is 16.5. The molecule has 162 valence electrons. The highest BCUT2D eigenvalue weighted by atomic mass is 35.5. The van der Waals surface area contributed by atoms with Crippen LogP contribution in [-0.2, 0) is 22.5 Å². The third-order valence-corrected chi connectivity index (χ3v) is 5.63. The summed E-state index contributed by atoms with van der Waals surface area (Å²) in [6.07, 6.45) is 2.82. The number of aromatic nitrogens is 4. The molecular weight excluding hydrogens is 414 g/mol. The first-order chi connectivity index (χ1) is 15.0. The molecule has 4 rings (SSSR count). The van der Waals surface area contributed by atoms with E-state index in [0.717, 1.165) is 39.9 Å². The number of pyridine rings is 1. The summed E-state index contributed by atoms with van der Waals surface area (Å²) in [5.41, 5.74) is 3.09. The summed E-state index contributed by atoms with van der Waals surface area (Å²) in [5.74, 6) is 1.65. The van der Waals surface area contributed by atoms with E-state index >= 15 is 0 Å². The van der Waals surface area contributed by atoms with Crippen LogP contribution in [0.2, 0.25) is 5.02 Å². The number of benzene rings is 1. The van der Waals surface area contributed by atoms with Crippen molar-refractivity contribution in [3.05, 3.63) is 76.1 Å². The Balaban J connectivity index is 1.34. The number of carbonyl (C=O) groups is 1. The monoisotopic (exact) mass is 439 g/mol. The van der Waals surface area contributed by atoms with E-state index in [0.29, 0.717) is 32.7 Å². The highest BCUT2D eigenvalue weighted by Crippen LogP contribution is 2.22. The second-order valence-corrected chi connectivity index (χ2v) is 8.21. The molecule has 1 fully saturated rings. The van der Waals surface area contributed by atoms with Crippen LogP contribution in [0, 0.1) is 13.8 Å². The van der Waals surface area contributed by atoms with Gasteiger partial charge in [-0.2, -0.15) is 5.10 Å². The maximum Gasteiger partial charge on any atom is 0.224 e. The van der Waals surface area contributed by atoms with Gasteiger partial charge in [0.25, 0.3) is 0 Å². The smallest absolute Gasteiger partial charge is 0.224 e. The Hall–Kier alpha value is -2.77. The fraction of sp³-hybridized carbons (Fsp3) is 0.391. The molecule has 1 aromatic carbocycles. The van der Waals surface area contributed by atoms with Crippen molar-refractivity contribution in [1.29, 1.82) is 0 Å². The zero-order chi connectivity index (χ0) is 21.8. The average Bonchev–Trinajstić information content (AvgIpc) is 3.09. The number of halogens is 1. The zero-order valence-corrected chi connectivity index (χ0v) is 18.5. The van der Waals surface area contributed by atoms with E-state index in [1.807, 2.05) is 49.2 Å². The summed E-state index contributed by atoms with van der Waals surface area (Å²) in [6, 6.07) is 11.9. The zero-order valence-electron chi connectivity index (χ0n) is 17.8. The molecule has 0 aliphatic carbocycles. The molecule has 2 aromatic heterocycles. The number of aryl methyl sites for hydroxylation is 3. The van der Waals surface area contributed by atoms with E-state index in [1.54, 1.807) is 4.68 Å². The summed E-state index contributed by atoms with van der Waals surface area (Å²) in [5, 5.41) is 5.06. The van der Waals surface area contributed by atoms with Crippen LogP contribution in [0.5, 0.6) is 0 Å². The highest BCUT2D eigenvalue weighted by Gasteiger charge is 2.26. The second-order valence-electron chi connectivity index (χ2n) is 7.78. The van der Waals surface area contributed by atoms with Crippen LogP contribution < -0.4 is 0 Å². The van der Waals surface area contributed by atoms with Gasteiger partial charge in [-0.25, -0.2) is 9.67 Å². The number of carbonyl (C=O) groups excluding carboxylic acids is 1. The number of ether oxygens (including phenoxy) is 1. The van der Waals surface area contributed by atoms with Gasteiger partial charge in [0, 0.05) is 24.2 Å². The molecule has 0 saturated carbocycles. The van der Waals surface area contributed by atoms with Crippen LogP contribution in [0.3, 0.4) is 0 Å². The van der Waals surface area contributed by atoms with Crippen LogP contribution in [0.25, 0.3) is 0 Å². The minimum absolute atomic E-state index is 0.0958. The molecule has 0 radical (unpaired) electrons. The molecular formula is C23H26ClN5O2. The molecule has 1 aliphatic heterocycles. The number of hydrogen-bond donors (Lipinski definition) is 0. The first kappa shape index (κ1) is 21.5. The van der Waals surface area contributed by atoms with Crippen LogP contribution in [0.4, 0.5) is 0 Å². The van der Waals surface area contributed by atoms with Gasteiger partial charge in [0.05, 0.1) is 25.4 Å². The highest BCUT2D eigenvalue weighted by molar-refractivity contribution is 6.30. The number of hydrogen-bond acceptors (Lipinski definition) is 5. The molecule has 0 bridgehead atoms. The molecule has 1 unspecified atom stereocenters. The van der Waals surface area contributed by atoms with Crippen LogP contribution in [-0.4, -0.2) is 50.3 Å². The molecule has 3 aromatic rings. The molecule has 1 atom stereocenters. The number of rotatable bonds is 6. The Morgan fingerprint density at radius 3 is 2.81 bits per heavy atom. The van der Waals surface area contributed by atoms with Crippen molar-refractivity contribution >= 4 is 17.5 Å². The van der Waals surface area contributed by atoms with Crippen molar-refractivity contribution in [2.24, 2.45) is 0 Å². The Morgan fingerprint density at radius 1 is 1.23 bits per heavy atom. The molecule has 3 heterocycles. The molecule has 31 heavy (non-hydrogen) atoms. The SMILES string of the molecule is Cc1nc(C)n(CCC(=O)N2CCOC(c3ccc(Cc4cccc(Cl)c4)cn3)C2)n1. The fourth-order valence-corrected chi connectivity index (χ4v) is 4.01. The summed E-state index contributed by atoms with van der Waals surface area (Å²) in [4.78, 5) is 23.5. The maximum absolute atomic E-state index is 12.7. The van der Waals surface area contributed by atoms with Gasteiger partial charge < -0.3 is 9.64 Å². The van der Waals surface area contributed by atoms with E-state index in [4.69, 9.17) is 16.3 Å². The van der Waals surface area contributed by atoms with Crippen LogP contribution >= 0.6 is 11.6 Å². The molecule has 1 saturated heterocycles. The topological polar surface area (TPSA) is 73.1 Å². The summed E-state index contributed by atoms with van der Waals surface area (Å²) in [7, 11) is 0. The van der Waals surface area contributed by atoms with Gasteiger partial charge in [-0.15, -0.1) is 0 Å². The third kappa shape index (κ3) is 5.48. The van der Waals surface area contributed by atoms with Gasteiger partial charge in [0.2, 0.25) is 5.91 Å². The fourth-order valence-electron chi connectivity index (χ4n) is 3.80. The third-order valence-electron chi connectivity index (χ3n) is 5.39. The number of amides is 1. The van der Waals surface area contributed by atoms with Crippen molar-refractivity contribution in [3.8, 4) is 0 Å². The first-order valence-electron chi connectivity index (χ1n) is 10.4. The predicted octanol–water partition coefficient (Wildman–Crippen LogP) is 3.52. The number of morpholine rings is 1. The lowest BCUT2D eigenvalue weighted by molar-refractivity contribution is -0.139. The Morgan fingerprint density at radius 2 is 2.10 bits per heavy atom. The minimum atomic E-state index is -0.215. The largest absolute Gasteiger partial charge is 0.368 e. The standard InChI is InChI=1S/C23H26ClN5O2/c1-16-26-17(2)29(27-16)9-8-23(30)28-10-11-31-22(15-28)21-7-6-19(14-25-21)12-18-4-3-5-20(24)13-18/h3-7,13-14,22H,8-12,15H2,1-2H3. The van der Waals surface area contributed by atoms with Gasteiger partial charge in [-0.05, 0) is 49.6 Å². The molecule has 0 N–H and O–H groups in total. The minimum Gasteiger partial charge on any atom is -0.368 e. The lowest BCUT2D eigenvalue weighted by Crippen LogP contribution is -2.42. The van der Waals surface area contributed by atoms with Gasteiger partial charge in [0.1, 0.15) is 17.8 Å². The van der Waals surface area contributed by atoms with Crippen molar-refractivity contribution in [2.45, 2.75) is 39.3 Å². The second kappa shape index (κ2) is 9.58. The lowest BCUT2D eigenvalue weighted by Gasteiger charge is -2.32. The summed E-state index contributed by atoms with van der Waals surface area (Å²) in [6.45, 7) is 5.89. The van der Waals surface area contributed by atoms with E-state index in [-0.39, 0.29) is 12.0 Å². The van der Waals surface area contributed by atoms with Crippen LogP contribution in [0.1, 0.15) is 41.0 Å². The summed E-state index contributed by atoms with van der Waals surface area (Å²) >= 11 is 6.07. The molecule has 7 nitrogen and oxygen atoms in total. The Bertz CT molecular complexity index is 1050. The van der Waals surface area contributed by atoms with Gasteiger partial charge in [-0.1, -0.05) is 29.8 Å². The van der Waals surface area contributed by atoms with Gasteiger partial charge >= 0.3 is 0 Å². The molecule has 1 amide bonds. The van der Waals surface area contributed by atoms with Gasteiger partial charge in [0.15, 0.2) is 0 Å². The maximum atomic E-state index is 12.7. The molecule has 8 heteroatoms. The van der Waals surface area contributed by atoms with Crippen molar-refractivity contribution in [1.82, 2.24) is 24.6 Å².